The van der Waals surface area contributed by atoms with Crippen molar-refractivity contribution in [1.82, 2.24) is 0 Å². The highest BCUT2D eigenvalue weighted by atomic mass is 32.2. The van der Waals surface area contributed by atoms with Gasteiger partial charge in [0.05, 0.1) is 17.9 Å². The maximum atomic E-state index is 12.7. The molecule has 0 saturated heterocycles. The smallest absolute Gasteiger partial charge is 0.463 e. The molecule has 6 nitrogen and oxygen atoms in total. The summed E-state index contributed by atoms with van der Waals surface area (Å²) < 4.78 is 69.9. The number of halogens is 3. The van der Waals surface area contributed by atoms with E-state index >= 15 is 0 Å². The van der Waals surface area contributed by atoms with Crippen molar-refractivity contribution in [3.05, 3.63) is 23.5 Å². The van der Waals surface area contributed by atoms with Crippen molar-refractivity contribution in [2.75, 3.05) is 6.61 Å². The quantitative estimate of drug-likeness (QED) is 0.422. The lowest BCUT2D eigenvalue weighted by Gasteiger charge is -2.48. The first-order valence-electron chi connectivity index (χ1n) is 7.35. The highest BCUT2D eigenvalue weighted by molar-refractivity contribution is 7.87. The number of alkyl halides is 3. The number of allylic oxidation sites excluding steroid dienone is 3. The Labute approximate surface area is 142 Å². The molecule has 25 heavy (non-hydrogen) atoms. The monoisotopic (exact) mass is 382 g/mol. The van der Waals surface area contributed by atoms with Crippen molar-refractivity contribution in [2.45, 2.75) is 33.2 Å². The molecule has 2 unspecified atom stereocenters. The van der Waals surface area contributed by atoms with Crippen LogP contribution in [0.25, 0.3) is 0 Å². The van der Waals surface area contributed by atoms with Crippen molar-refractivity contribution in [2.24, 2.45) is 16.7 Å². The van der Waals surface area contributed by atoms with Crippen LogP contribution in [-0.2, 0) is 28.6 Å². The first-order chi connectivity index (χ1) is 11.2. The van der Waals surface area contributed by atoms with Gasteiger partial charge in [0.1, 0.15) is 5.76 Å². The van der Waals surface area contributed by atoms with E-state index in [1.54, 1.807) is 6.92 Å². The van der Waals surface area contributed by atoms with Crippen LogP contribution in [0.4, 0.5) is 13.2 Å². The summed E-state index contributed by atoms with van der Waals surface area (Å²) in [5, 5.41) is 0. The fourth-order valence-electron chi connectivity index (χ4n) is 3.32. The lowest BCUT2D eigenvalue weighted by molar-refractivity contribution is -0.143. The summed E-state index contributed by atoms with van der Waals surface area (Å²) in [4.78, 5) is 24.8. The maximum absolute atomic E-state index is 12.7. The minimum absolute atomic E-state index is 0.00867. The highest BCUT2D eigenvalue weighted by Crippen LogP contribution is 2.55. The van der Waals surface area contributed by atoms with E-state index in [9.17, 15) is 31.2 Å². The van der Waals surface area contributed by atoms with Crippen LogP contribution >= 0.6 is 0 Å². The first kappa shape index (κ1) is 19.5. The van der Waals surface area contributed by atoms with Gasteiger partial charge in [-0.2, -0.15) is 21.6 Å². The molecule has 0 N–H and O–H groups in total. The van der Waals surface area contributed by atoms with Crippen LogP contribution < -0.4 is 0 Å². The number of rotatable bonds is 4. The van der Waals surface area contributed by atoms with E-state index in [-0.39, 0.29) is 18.0 Å². The summed E-state index contributed by atoms with van der Waals surface area (Å²) in [6.07, 6.45) is 2.30. The zero-order valence-electron chi connectivity index (χ0n) is 13.9. The summed E-state index contributed by atoms with van der Waals surface area (Å²) in [5.74, 6) is -3.10. The van der Waals surface area contributed by atoms with E-state index < -0.39 is 44.1 Å². The molecule has 0 aromatic heterocycles. The van der Waals surface area contributed by atoms with E-state index in [1.807, 2.05) is 0 Å². The lowest BCUT2D eigenvalue weighted by atomic mass is 9.54. The highest BCUT2D eigenvalue weighted by Gasteiger charge is 2.60. The van der Waals surface area contributed by atoms with Crippen LogP contribution in [0, 0.1) is 16.7 Å². The van der Waals surface area contributed by atoms with Gasteiger partial charge >= 0.3 is 21.6 Å². The van der Waals surface area contributed by atoms with Crippen LogP contribution in [0.15, 0.2) is 23.5 Å². The average molecular weight is 382 g/mol. The second kappa shape index (κ2) is 5.58. The standard InChI is InChI=1S/C15H17F3O6S/c1-5-23-11(19)8-6-14(4)7-9(10(8)13(2,3)12(14)20)24-25(21,22)15(16,17)18/h6-7,10H,5H2,1-4H3. The van der Waals surface area contributed by atoms with Gasteiger partial charge in [0.2, 0.25) is 0 Å². The number of hydrogen-bond donors (Lipinski definition) is 0. The molecule has 0 amide bonds. The molecule has 140 valence electrons. The summed E-state index contributed by atoms with van der Waals surface area (Å²) in [5.41, 5.74) is -8.55. The van der Waals surface area contributed by atoms with Crippen molar-refractivity contribution in [3.63, 3.8) is 0 Å². The number of carbonyl (C=O) groups is 2. The number of ketones is 1. The van der Waals surface area contributed by atoms with Crippen LogP contribution in [0.1, 0.15) is 27.7 Å². The molecular formula is C15H17F3O6S. The Morgan fingerprint density at radius 3 is 2.24 bits per heavy atom. The van der Waals surface area contributed by atoms with Gasteiger partial charge in [-0.05, 0) is 19.9 Å². The molecule has 0 aromatic rings. The molecule has 3 aliphatic carbocycles. The molecule has 0 aliphatic heterocycles. The molecular weight excluding hydrogens is 365 g/mol. The predicted molar refractivity (Wildman–Crippen MR) is 79.2 cm³/mol. The molecule has 2 atom stereocenters. The molecule has 3 aliphatic rings. The van der Waals surface area contributed by atoms with Gasteiger partial charge in [0, 0.05) is 11.0 Å². The minimum atomic E-state index is -5.93. The number of carbonyl (C=O) groups excluding carboxylic acids is 2. The van der Waals surface area contributed by atoms with E-state index in [2.05, 4.69) is 4.18 Å². The third-order valence-electron chi connectivity index (χ3n) is 4.29. The Bertz CT molecular complexity index is 791. The van der Waals surface area contributed by atoms with Crippen molar-refractivity contribution in [1.29, 1.82) is 0 Å². The normalized spacial score (nSPS) is 28.3. The maximum Gasteiger partial charge on any atom is 0.534 e. The first-order valence-corrected chi connectivity index (χ1v) is 8.76. The zero-order chi connectivity index (χ0) is 19.4. The van der Waals surface area contributed by atoms with Gasteiger partial charge in [0.15, 0.2) is 5.78 Å². The number of Topliss-reactive ketones (excluding diaryl/α,β-unsaturated/α-hetero) is 1. The van der Waals surface area contributed by atoms with Crippen LogP contribution in [0.2, 0.25) is 0 Å². The van der Waals surface area contributed by atoms with Gasteiger partial charge in [-0.1, -0.05) is 19.9 Å². The van der Waals surface area contributed by atoms with Gasteiger partial charge < -0.3 is 8.92 Å². The molecule has 0 heterocycles. The molecule has 0 saturated carbocycles. The van der Waals surface area contributed by atoms with Gasteiger partial charge in [0.25, 0.3) is 0 Å². The van der Waals surface area contributed by atoms with E-state index in [4.69, 9.17) is 4.74 Å². The SMILES string of the molecule is CCOC(=O)C1=CC2(C)C=C(OS(=O)(=O)C(F)(F)F)C1C(C)(C)C2=O. The summed E-state index contributed by atoms with van der Waals surface area (Å²) >= 11 is 0. The Morgan fingerprint density at radius 1 is 1.24 bits per heavy atom. The van der Waals surface area contributed by atoms with Crippen molar-refractivity contribution in [3.8, 4) is 0 Å². The van der Waals surface area contributed by atoms with Gasteiger partial charge in [-0.3, -0.25) is 4.79 Å². The Kier molecular flexibility index (Phi) is 4.35. The van der Waals surface area contributed by atoms with E-state index in [0.29, 0.717) is 0 Å². The fraction of sp³-hybridized carbons (Fsp3) is 0.600. The van der Waals surface area contributed by atoms with Crippen molar-refractivity contribution < 1.29 is 40.1 Å². The predicted octanol–water partition coefficient (Wildman–Crippen LogP) is 2.47. The van der Waals surface area contributed by atoms with Crippen molar-refractivity contribution >= 4 is 21.9 Å². The third kappa shape index (κ3) is 2.96. The number of hydrogen-bond acceptors (Lipinski definition) is 6. The molecule has 0 spiro atoms. The van der Waals surface area contributed by atoms with Crippen LogP contribution in [-0.4, -0.2) is 32.3 Å². The number of fused-ring (bicyclic) bond motifs is 1. The second-order valence-corrected chi connectivity index (χ2v) is 8.15. The third-order valence-corrected chi connectivity index (χ3v) is 5.27. The fourth-order valence-corrected chi connectivity index (χ4v) is 3.81. The zero-order valence-corrected chi connectivity index (χ0v) is 14.7. The Hall–Kier alpha value is -1.84. The average Bonchev–Trinajstić information content (AvgIpc) is 2.42. The molecule has 0 fully saturated rings. The second-order valence-electron chi connectivity index (χ2n) is 6.62. The van der Waals surface area contributed by atoms with Gasteiger partial charge in [-0.15, -0.1) is 0 Å². The Morgan fingerprint density at radius 2 is 1.80 bits per heavy atom. The number of esters is 1. The van der Waals surface area contributed by atoms with E-state index in [1.165, 1.54) is 26.8 Å². The Balaban J connectivity index is 2.58. The molecule has 3 rings (SSSR count). The van der Waals surface area contributed by atoms with E-state index in [0.717, 1.165) is 6.08 Å². The summed E-state index contributed by atoms with van der Waals surface area (Å²) in [6.45, 7) is 5.75. The lowest BCUT2D eigenvalue weighted by Crippen LogP contribution is -2.52. The largest absolute Gasteiger partial charge is 0.534 e. The molecule has 0 radical (unpaired) electrons. The van der Waals surface area contributed by atoms with Gasteiger partial charge in [-0.25, -0.2) is 4.79 Å². The number of ether oxygens (including phenoxy) is 1. The molecule has 2 bridgehead atoms. The molecule has 0 aromatic carbocycles. The summed E-state index contributed by atoms with van der Waals surface area (Å²) in [6, 6.07) is 0. The van der Waals surface area contributed by atoms with Crippen LogP contribution in [0.3, 0.4) is 0 Å². The molecule has 10 heteroatoms. The summed E-state index contributed by atoms with van der Waals surface area (Å²) in [7, 11) is -5.93. The van der Waals surface area contributed by atoms with Crippen LogP contribution in [0.5, 0.6) is 0 Å². The topological polar surface area (TPSA) is 86.7 Å². The minimum Gasteiger partial charge on any atom is -0.463 e.